The van der Waals surface area contributed by atoms with Crippen LogP contribution in [0.3, 0.4) is 0 Å². The standard InChI is InChI=1S/C15H10F2N2O/c16-13-6-3-11(7-14(13)17)15(20)9-19-12-4-1-10(8-18)2-5-12/h1-7,19H,9H2. The average molecular weight is 272 g/mol. The Balaban J connectivity index is 2.01. The third kappa shape index (κ3) is 3.18. The van der Waals surface area contributed by atoms with Crippen molar-refractivity contribution in [3.63, 3.8) is 0 Å². The second kappa shape index (κ2) is 5.93. The van der Waals surface area contributed by atoms with Crippen LogP contribution in [-0.2, 0) is 0 Å². The molecule has 20 heavy (non-hydrogen) atoms. The maximum atomic E-state index is 13.0. The van der Waals surface area contributed by atoms with Crippen LogP contribution in [0.15, 0.2) is 42.5 Å². The highest BCUT2D eigenvalue weighted by Crippen LogP contribution is 2.11. The van der Waals surface area contributed by atoms with Gasteiger partial charge < -0.3 is 5.32 Å². The molecule has 0 aromatic heterocycles. The fourth-order valence-electron chi connectivity index (χ4n) is 1.62. The molecule has 0 fully saturated rings. The maximum Gasteiger partial charge on any atom is 0.181 e. The highest BCUT2D eigenvalue weighted by atomic mass is 19.2. The maximum absolute atomic E-state index is 13.0. The van der Waals surface area contributed by atoms with Crippen LogP contribution in [0.2, 0.25) is 0 Å². The summed E-state index contributed by atoms with van der Waals surface area (Å²) in [6.45, 7) is -0.0447. The molecule has 5 heteroatoms. The highest BCUT2D eigenvalue weighted by Gasteiger charge is 2.09. The van der Waals surface area contributed by atoms with Gasteiger partial charge in [0.05, 0.1) is 18.2 Å². The lowest BCUT2D eigenvalue weighted by Crippen LogP contribution is -2.14. The quantitative estimate of drug-likeness (QED) is 0.870. The van der Waals surface area contributed by atoms with Gasteiger partial charge in [-0.1, -0.05) is 0 Å². The summed E-state index contributed by atoms with van der Waals surface area (Å²) in [7, 11) is 0. The van der Waals surface area contributed by atoms with Gasteiger partial charge in [0.2, 0.25) is 0 Å². The van der Waals surface area contributed by atoms with Gasteiger partial charge in [0.1, 0.15) is 0 Å². The minimum Gasteiger partial charge on any atom is -0.378 e. The van der Waals surface area contributed by atoms with Gasteiger partial charge in [-0.3, -0.25) is 4.79 Å². The molecular weight excluding hydrogens is 262 g/mol. The van der Waals surface area contributed by atoms with Gasteiger partial charge in [-0.05, 0) is 42.5 Å². The molecule has 0 aliphatic rings. The number of carbonyl (C=O) groups is 1. The number of nitrogens with zero attached hydrogens (tertiary/aromatic N) is 1. The summed E-state index contributed by atoms with van der Waals surface area (Å²) in [6, 6.07) is 11.6. The lowest BCUT2D eigenvalue weighted by atomic mass is 10.1. The van der Waals surface area contributed by atoms with E-state index in [1.165, 1.54) is 6.07 Å². The Hall–Kier alpha value is -2.74. The molecule has 100 valence electrons. The molecule has 0 saturated carbocycles. The number of hydrogen-bond acceptors (Lipinski definition) is 3. The Morgan fingerprint density at radius 1 is 1.10 bits per heavy atom. The van der Waals surface area contributed by atoms with Gasteiger partial charge >= 0.3 is 0 Å². The zero-order valence-corrected chi connectivity index (χ0v) is 10.4. The van der Waals surface area contributed by atoms with Crippen LogP contribution in [0, 0.1) is 23.0 Å². The second-order valence-electron chi connectivity index (χ2n) is 4.09. The van der Waals surface area contributed by atoms with Crippen molar-refractivity contribution in [2.75, 3.05) is 11.9 Å². The molecule has 1 N–H and O–H groups in total. The second-order valence-corrected chi connectivity index (χ2v) is 4.09. The van der Waals surface area contributed by atoms with Crippen LogP contribution in [-0.4, -0.2) is 12.3 Å². The fourth-order valence-corrected chi connectivity index (χ4v) is 1.62. The highest BCUT2D eigenvalue weighted by molar-refractivity contribution is 5.98. The number of hydrogen-bond donors (Lipinski definition) is 1. The van der Waals surface area contributed by atoms with Crippen molar-refractivity contribution in [2.24, 2.45) is 0 Å². The number of anilines is 1. The first-order chi connectivity index (χ1) is 9.60. The number of halogens is 2. The molecular formula is C15H10F2N2O. The van der Waals surface area contributed by atoms with E-state index in [1.54, 1.807) is 24.3 Å². The number of ketones is 1. The van der Waals surface area contributed by atoms with E-state index in [0.29, 0.717) is 11.3 Å². The molecule has 2 aromatic rings. The molecule has 0 unspecified atom stereocenters. The van der Waals surface area contributed by atoms with Crippen LogP contribution in [0.4, 0.5) is 14.5 Å². The Morgan fingerprint density at radius 3 is 2.40 bits per heavy atom. The van der Waals surface area contributed by atoms with Crippen molar-refractivity contribution in [1.82, 2.24) is 0 Å². The van der Waals surface area contributed by atoms with Crippen molar-refractivity contribution in [3.05, 3.63) is 65.2 Å². The van der Waals surface area contributed by atoms with Crippen LogP contribution in [0.1, 0.15) is 15.9 Å². The first kappa shape index (κ1) is 13.7. The number of carbonyl (C=O) groups excluding carboxylic acids is 1. The van der Waals surface area contributed by atoms with Gasteiger partial charge in [-0.2, -0.15) is 5.26 Å². The summed E-state index contributed by atoms with van der Waals surface area (Å²) in [5.41, 5.74) is 1.28. The van der Waals surface area contributed by atoms with E-state index in [-0.39, 0.29) is 17.9 Å². The molecule has 0 aliphatic heterocycles. The van der Waals surface area contributed by atoms with Gasteiger partial charge in [0.25, 0.3) is 0 Å². The summed E-state index contributed by atoms with van der Waals surface area (Å²) in [6.07, 6.45) is 0. The third-order valence-corrected chi connectivity index (χ3v) is 2.71. The lowest BCUT2D eigenvalue weighted by Gasteiger charge is -2.06. The van der Waals surface area contributed by atoms with Gasteiger partial charge in [-0.25, -0.2) is 8.78 Å². The zero-order chi connectivity index (χ0) is 14.5. The molecule has 0 aliphatic carbocycles. The Kier molecular flexibility index (Phi) is 4.06. The first-order valence-electron chi connectivity index (χ1n) is 5.82. The number of rotatable bonds is 4. The van der Waals surface area contributed by atoms with Crippen molar-refractivity contribution < 1.29 is 13.6 Å². The molecule has 0 atom stereocenters. The molecule has 3 nitrogen and oxygen atoms in total. The number of nitriles is 1. The van der Waals surface area contributed by atoms with Gasteiger partial charge in [0, 0.05) is 11.3 Å². The number of nitrogens with one attached hydrogen (secondary N) is 1. The normalized spacial score (nSPS) is 9.85. The molecule has 0 spiro atoms. The van der Waals surface area contributed by atoms with E-state index in [9.17, 15) is 13.6 Å². The summed E-state index contributed by atoms with van der Waals surface area (Å²) in [5, 5.41) is 11.5. The van der Waals surface area contributed by atoms with Gasteiger partial charge in [-0.15, -0.1) is 0 Å². The zero-order valence-electron chi connectivity index (χ0n) is 10.4. The molecule has 0 saturated heterocycles. The lowest BCUT2D eigenvalue weighted by molar-refractivity contribution is 0.101. The van der Waals surface area contributed by atoms with Crippen molar-refractivity contribution in [3.8, 4) is 6.07 Å². The predicted octanol–water partition coefficient (Wildman–Crippen LogP) is 3.13. The smallest absolute Gasteiger partial charge is 0.181 e. The van der Waals surface area contributed by atoms with Crippen LogP contribution < -0.4 is 5.32 Å². The molecule has 0 bridgehead atoms. The molecule has 0 heterocycles. The topological polar surface area (TPSA) is 52.9 Å². The molecule has 0 amide bonds. The van der Waals surface area contributed by atoms with E-state index in [4.69, 9.17) is 5.26 Å². The van der Waals surface area contributed by atoms with Crippen molar-refractivity contribution in [2.45, 2.75) is 0 Å². The van der Waals surface area contributed by atoms with E-state index >= 15 is 0 Å². The van der Waals surface area contributed by atoms with Crippen LogP contribution in [0.25, 0.3) is 0 Å². The Bertz CT molecular complexity index is 675. The molecule has 2 rings (SSSR count). The fraction of sp³-hybridized carbons (Fsp3) is 0.0667. The summed E-state index contributed by atoms with van der Waals surface area (Å²) >= 11 is 0. The summed E-state index contributed by atoms with van der Waals surface area (Å²) in [5.74, 6) is -2.39. The first-order valence-corrected chi connectivity index (χ1v) is 5.82. The molecule has 2 aromatic carbocycles. The minimum absolute atomic E-state index is 0.0447. The summed E-state index contributed by atoms with van der Waals surface area (Å²) < 4.78 is 25.8. The number of Topliss-reactive ketones (excluding diaryl/α,β-unsaturated/α-hetero) is 1. The van der Waals surface area contributed by atoms with Crippen LogP contribution >= 0.6 is 0 Å². The van der Waals surface area contributed by atoms with E-state index in [0.717, 1.165) is 12.1 Å². The third-order valence-electron chi connectivity index (χ3n) is 2.71. The van der Waals surface area contributed by atoms with Crippen molar-refractivity contribution in [1.29, 1.82) is 5.26 Å². The average Bonchev–Trinajstić information content (AvgIpc) is 2.48. The SMILES string of the molecule is N#Cc1ccc(NCC(=O)c2ccc(F)c(F)c2)cc1. The number of benzene rings is 2. The largest absolute Gasteiger partial charge is 0.378 e. The summed E-state index contributed by atoms with van der Waals surface area (Å²) in [4.78, 5) is 11.8. The predicted molar refractivity (Wildman–Crippen MR) is 70.3 cm³/mol. The van der Waals surface area contributed by atoms with Crippen LogP contribution in [0.5, 0.6) is 0 Å². The Morgan fingerprint density at radius 2 is 1.80 bits per heavy atom. The van der Waals surface area contributed by atoms with E-state index < -0.39 is 11.6 Å². The van der Waals surface area contributed by atoms with E-state index in [2.05, 4.69) is 5.32 Å². The Labute approximate surface area is 114 Å². The molecule has 0 radical (unpaired) electrons. The van der Waals surface area contributed by atoms with Crippen molar-refractivity contribution >= 4 is 11.5 Å². The monoisotopic (exact) mass is 272 g/mol. The minimum atomic E-state index is -1.05. The van der Waals surface area contributed by atoms with E-state index in [1.807, 2.05) is 6.07 Å². The van der Waals surface area contributed by atoms with Gasteiger partial charge in [0.15, 0.2) is 17.4 Å².